The summed E-state index contributed by atoms with van der Waals surface area (Å²) in [5, 5.41) is 6.46. The molecule has 11 heteroatoms. The van der Waals surface area contributed by atoms with Crippen LogP contribution in [0, 0.1) is 13.8 Å². The molecule has 1 aliphatic rings. The highest BCUT2D eigenvalue weighted by Gasteiger charge is 2.36. The molecule has 33 heavy (non-hydrogen) atoms. The Morgan fingerprint density at radius 2 is 1.97 bits per heavy atom. The summed E-state index contributed by atoms with van der Waals surface area (Å²) in [4.78, 5) is 31.6. The monoisotopic (exact) mass is 477 g/mol. The van der Waals surface area contributed by atoms with Gasteiger partial charge in [0.25, 0.3) is 11.8 Å². The van der Waals surface area contributed by atoms with Crippen LogP contribution in [0.25, 0.3) is 0 Å². The van der Waals surface area contributed by atoms with Crippen LogP contribution in [-0.2, 0) is 6.18 Å². The molecule has 0 aliphatic carbocycles. The van der Waals surface area contributed by atoms with Crippen LogP contribution >= 0.6 is 11.6 Å². The summed E-state index contributed by atoms with van der Waals surface area (Å²) in [7, 11) is 0. The van der Waals surface area contributed by atoms with Crippen LogP contribution in [0.15, 0.2) is 36.7 Å². The largest absolute Gasteiger partial charge is 0.417 e. The van der Waals surface area contributed by atoms with Crippen LogP contribution in [0.2, 0.25) is 5.02 Å². The van der Waals surface area contributed by atoms with Crippen LogP contribution in [0.5, 0.6) is 0 Å². The van der Waals surface area contributed by atoms with Gasteiger partial charge in [0.1, 0.15) is 0 Å². The number of nitrogens with one attached hydrogen (secondary N) is 1. The molecule has 3 heterocycles. The smallest absolute Gasteiger partial charge is 0.319 e. The molecule has 4 rings (SSSR count). The third-order valence-electron chi connectivity index (χ3n) is 5.63. The van der Waals surface area contributed by atoms with Gasteiger partial charge in [0.2, 0.25) is 0 Å². The lowest BCUT2D eigenvalue weighted by atomic mass is 10.1. The standard InChI is InChI=1S/C22H19ClF3N5O2/c1-11-10-30(14-4-5-16(17(23)8-14)22(24,25)26)21(33)19-18(9-28-31(11)19)29-20(32)15-6-7-27-13(3)12(15)2/h4-9,11H,10H2,1-3H3,(H,29,32)/t11-/m0/s1. The van der Waals surface area contributed by atoms with Gasteiger partial charge < -0.3 is 10.2 Å². The van der Waals surface area contributed by atoms with Gasteiger partial charge in [-0.2, -0.15) is 18.3 Å². The predicted molar refractivity (Wildman–Crippen MR) is 117 cm³/mol. The SMILES string of the molecule is Cc1nccc(C(=O)Nc2cnn3c2C(=O)N(c2ccc(C(F)(F)F)c(Cl)c2)C[C@@H]3C)c1C. The van der Waals surface area contributed by atoms with Crippen molar-refractivity contribution < 1.29 is 22.8 Å². The molecule has 0 saturated heterocycles. The second-order valence-electron chi connectivity index (χ2n) is 7.80. The first-order valence-corrected chi connectivity index (χ1v) is 10.4. The van der Waals surface area contributed by atoms with Gasteiger partial charge in [0.05, 0.1) is 28.5 Å². The van der Waals surface area contributed by atoms with Crippen LogP contribution < -0.4 is 10.2 Å². The lowest BCUT2D eigenvalue weighted by Gasteiger charge is -2.32. The number of benzene rings is 1. The molecular weight excluding hydrogens is 459 g/mol. The van der Waals surface area contributed by atoms with E-state index in [0.717, 1.165) is 12.1 Å². The van der Waals surface area contributed by atoms with E-state index in [1.54, 1.807) is 19.9 Å². The Hall–Kier alpha value is -3.40. The number of hydrogen-bond acceptors (Lipinski definition) is 4. The van der Waals surface area contributed by atoms with Gasteiger partial charge in [0, 0.05) is 29.7 Å². The first-order chi connectivity index (χ1) is 15.5. The van der Waals surface area contributed by atoms with Crippen molar-refractivity contribution >= 4 is 34.8 Å². The number of pyridine rings is 1. The number of halogens is 4. The summed E-state index contributed by atoms with van der Waals surface area (Å²) in [6.45, 7) is 5.54. The molecule has 1 atom stereocenters. The first kappa shape index (κ1) is 22.8. The Labute approximate surface area is 192 Å². The van der Waals surface area contributed by atoms with Crippen molar-refractivity contribution in [3.8, 4) is 0 Å². The third-order valence-corrected chi connectivity index (χ3v) is 5.94. The zero-order valence-corrected chi connectivity index (χ0v) is 18.6. The number of hydrogen-bond donors (Lipinski definition) is 1. The molecule has 1 N–H and O–H groups in total. The van der Waals surface area contributed by atoms with Crippen LogP contribution in [0.3, 0.4) is 0 Å². The lowest BCUT2D eigenvalue weighted by molar-refractivity contribution is -0.137. The Morgan fingerprint density at radius 3 is 2.64 bits per heavy atom. The molecule has 0 fully saturated rings. The van der Waals surface area contributed by atoms with E-state index < -0.39 is 28.6 Å². The summed E-state index contributed by atoms with van der Waals surface area (Å²) >= 11 is 5.85. The maximum atomic E-state index is 13.3. The molecule has 2 aromatic heterocycles. The molecule has 0 radical (unpaired) electrons. The van der Waals surface area contributed by atoms with Crippen LogP contribution in [-0.4, -0.2) is 33.1 Å². The Bertz CT molecular complexity index is 1270. The summed E-state index contributed by atoms with van der Waals surface area (Å²) < 4.78 is 40.7. The van der Waals surface area contributed by atoms with Gasteiger partial charge >= 0.3 is 6.18 Å². The fourth-order valence-electron chi connectivity index (χ4n) is 3.75. The average molecular weight is 478 g/mol. The zero-order valence-electron chi connectivity index (χ0n) is 17.9. The number of carbonyl (C=O) groups excluding carboxylic acids is 2. The maximum absolute atomic E-state index is 13.3. The molecule has 0 unspecified atom stereocenters. The number of amides is 2. The van der Waals surface area contributed by atoms with Gasteiger partial charge in [-0.05, 0) is 50.6 Å². The molecule has 1 aromatic carbocycles. The van der Waals surface area contributed by atoms with E-state index >= 15 is 0 Å². The van der Waals surface area contributed by atoms with E-state index in [2.05, 4.69) is 15.4 Å². The van der Waals surface area contributed by atoms with E-state index in [9.17, 15) is 22.8 Å². The first-order valence-electron chi connectivity index (χ1n) is 9.98. The number of rotatable bonds is 3. The summed E-state index contributed by atoms with van der Waals surface area (Å²) in [6, 6.07) is 4.44. The van der Waals surface area contributed by atoms with Crippen LogP contribution in [0.4, 0.5) is 24.5 Å². The van der Waals surface area contributed by atoms with E-state index in [1.165, 1.54) is 28.0 Å². The molecule has 0 saturated carbocycles. The van der Waals surface area contributed by atoms with E-state index in [4.69, 9.17) is 11.6 Å². The van der Waals surface area contributed by atoms with Crippen molar-refractivity contribution in [3.05, 3.63) is 69.8 Å². The number of alkyl halides is 3. The molecule has 2 amide bonds. The molecule has 0 spiro atoms. The minimum Gasteiger partial charge on any atom is -0.319 e. The molecular formula is C22H19ClF3N5O2. The summed E-state index contributed by atoms with van der Waals surface area (Å²) in [5.74, 6) is -0.941. The number of anilines is 2. The lowest BCUT2D eigenvalue weighted by Crippen LogP contribution is -2.43. The van der Waals surface area contributed by atoms with Gasteiger partial charge in [0.15, 0.2) is 5.69 Å². The molecule has 1 aliphatic heterocycles. The number of aryl methyl sites for hydroxylation is 1. The number of carbonyl (C=O) groups is 2. The topological polar surface area (TPSA) is 80.1 Å². The molecule has 3 aromatic rings. The van der Waals surface area contributed by atoms with E-state index in [-0.39, 0.29) is 29.7 Å². The Morgan fingerprint density at radius 1 is 1.24 bits per heavy atom. The molecule has 7 nitrogen and oxygen atoms in total. The van der Waals surface area contributed by atoms with Gasteiger partial charge in [-0.15, -0.1) is 0 Å². The van der Waals surface area contributed by atoms with Crippen molar-refractivity contribution in [2.75, 3.05) is 16.8 Å². The van der Waals surface area contributed by atoms with Crippen molar-refractivity contribution in [2.24, 2.45) is 0 Å². The molecule has 0 bridgehead atoms. The fraction of sp³-hybridized carbons (Fsp3) is 0.273. The summed E-state index contributed by atoms with van der Waals surface area (Å²) in [6.07, 6.45) is -1.70. The van der Waals surface area contributed by atoms with Crippen molar-refractivity contribution in [1.82, 2.24) is 14.8 Å². The number of nitrogens with zero attached hydrogens (tertiary/aromatic N) is 4. The van der Waals surface area contributed by atoms with Gasteiger partial charge in [-0.3, -0.25) is 19.3 Å². The predicted octanol–water partition coefficient (Wildman–Crippen LogP) is 5.04. The number of fused-ring (bicyclic) bond motifs is 1. The van der Waals surface area contributed by atoms with E-state index in [1.807, 2.05) is 6.92 Å². The van der Waals surface area contributed by atoms with Crippen molar-refractivity contribution in [2.45, 2.75) is 33.0 Å². The highest BCUT2D eigenvalue weighted by atomic mass is 35.5. The van der Waals surface area contributed by atoms with E-state index in [0.29, 0.717) is 16.8 Å². The quantitative estimate of drug-likeness (QED) is 0.573. The minimum atomic E-state index is -4.60. The maximum Gasteiger partial charge on any atom is 0.417 e. The minimum absolute atomic E-state index is 0.126. The van der Waals surface area contributed by atoms with Crippen molar-refractivity contribution in [3.63, 3.8) is 0 Å². The van der Waals surface area contributed by atoms with Gasteiger partial charge in [-0.1, -0.05) is 11.6 Å². The van der Waals surface area contributed by atoms with Crippen molar-refractivity contribution in [1.29, 1.82) is 0 Å². The summed E-state index contributed by atoms with van der Waals surface area (Å²) in [5.41, 5.74) is 1.38. The average Bonchev–Trinajstić information content (AvgIpc) is 3.16. The highest BCUT2D eigenvalue weighted by molar-refractivity contribution is 6.31. The molecule has 172 valence electrons. The normalized spacial score (nSPS) is 16.0. The Balaban J connectivity index is 1.67. The highest BCUT2D eigenvalue weighted by Crippen LogP contribution is 2.38. The fourth-order valence-corrected chi connectivity index (χ4v) is 4.04. The number of aromatic nitrogens is 3. The second kappa shape index (κ2) is 8.18. The van der Waals surface area contributed by atoms with Crippen LogP contribution in [0.1, 0.15) is 50.6 Å². The van der Waals surface area contributed by atoms with Gasteiger partial charge in [-0.25, -0.2) is 0 Å². The second-order valence-corrected chi connectivity index (χ2v) is 8.21. The third kappa shape index (κ3) is 4.06. The Kier molecular flexibility index (Phi) is 5.65. The zero-order chi connectivity index (χ0) is 24.1.